The van der Waals surface area contributed by atoms with Gasteiger partial charge in [0.25, 0.3) is 5.91 Å². The molecule has 6 heteroatoms. The zero-order valence-corrected chi connectivity index (χ0v) is 15.3. The van der Waals surface area contributed by atoms with E-state index in [2.05, 4.69) is 13.0 Å². The lowest BCUT2D eigenvalue weighted by Gasteiger charge is -2.36. The first-order valence-corrected chi connectivity index (χ1v) is 9.20. The lowest BCUT2D eigenvalue weighted by Crippen LogP contribution is -3.19. The van der Waals surface area contributed by atoms with Crippen molar-refractivity contribution in [3.05, 3.63) is 29.8 Å². The van der Waals surface area contributed by atoms with E-state index in [1.165, 1.54) is 10.5 Å². The third kappa shape index (κ3) is 3.49. The van der Waals surface area contributed by atoms with Gasteiger partial charge in [-0.3, -0.25) is 9.69 Å². The summed E-state index contributed by atoms with van der Waals surface area (Å²) in [6.45, 7) is 9.15. The second-order valence-corrected chi connectivity index (χ2v) is 6.96. The van der Waals surface area contributed by atoms with E-state index in [0.717, 1.165) is 25.2 Å². The number of amides is 2. The number of para-hydroxylation sites is 1. The van der Waals surface area contributed by atoms with Crippen LogP contribution in [0.25, 0.3) is 0 Å². The minimum absolute atomic E-state index is 0.113. The summed E-state index contributed by atoms with van der Waals surface area (Å²) >= 11 is 0. The Labute approximate surface area is 149 Å². The Morgan fingerprint density at radius 3 is 2.64 bits per heavy atom. The van der Waals surface area contributed by atoms with Crippen LogP contribution in [0.1, 0.15) is 26.3 Å². The number of nitrogens with one attached hydrogen (secondary N) is 1. The van der Waals surface area contributed by atoms with E-state index in [4.69, 9.17) is 4.74 Å². The fourth-order valence-corrected chi connectivity index (χ4v) is 3.91. The van der Waals surface area contributed by atoms with Gasteiger partial charge in [-0.05, 0) is 38.8 Å². The smallest absolute Gasteiger partial charge is 0.410 e. The van der Waals surface area contributed by atoms with Crippen molar-refractivity contribution < 1.29 is 19.2 Å². The molecule has 0 spiro atoms. The molecule has 2 amide bonds. The number of hydrogen-bond acceptors (Lipinski definition) is 3. The highest BCUT2D eigenvalue weighted by Gasteiger charge is 2.38. The van der Waals surface area contributed by atoms with E-state index in [1.54, 1.807) is 4.90 Å². The van der Waals surface area contributed by atoms with E-state index in [0.29, 0.717) is 19.7 Å². The van der Waals surface area contributed by atoms with E-state index in [1.807, 2.05) is 36.9 Å². The van der Waals surface area contributed by atoms with Crippen LogP contribution in [0, 0.1) is 0 Å². The Morgan fingerprint density at radius 1 is 1.28 bits per heavy atom. The molecule has 3 rings (SSSR count). The molecule has 0 aliphatic carbocycles. The number of carbonyl (C=O) groups is 2. The third-order valence-electron chi connectivity index (χ3n) is 5.36. The van der Waals surface area contributed by atoms with Gasteiger partial charge in [0.2, 0.25) is 0 Å². The van der Waals surface area contributed by atoms with Crippen molar-refractivity contribution in [1.29, 1.82) is 0 Å². The highest BCUT2D eigenvalue weighted by Crippen LogP contribution is 2.32. The quantitative estimate of drug-likeness (QED) is 0.877. The molecule has 0 aromatic heterocycles. The number of fused-ring (bicyclic) bond motifs is 1. The van der Waals surface area contributed by atoms with Gasteiger partial charge < -0.3 is 14.5 Å². The number of anilines is 1. The van der Waals surface area contributed by atoms with Crippen molar-refractivity contribution in [3.8, 4) is 0 Å². The van der Waals surface area contributed by atoms with Gasteiger partial charge in [-0.1, -0.05) is 18.2 Å². The van der Waals surface area contributed by atoms with Crippen LogP contribution < -0.4 is 9.80 Å². The van der Waals surface area contributed by atoms with Gasteiger partial charge in [-0.15, -0.1) is 0 Å². The maximum atomic E-state index is 13.1. The molecule has 0 bridgehead atoms. The van der Waals surface area contributed by atoms with Crippen LogP contribution in [0.4, 0.5) is 10.5 Å². The first kappa shape index (κ1) is 17.7. The largest absolute Gasteiger partial charge is 0.450 e. The SMILES string of the molecule is CCOC(=O)N1CC[NH+]([C@H](C)C(=O)N2c3ccccc3C[C@H]2C)CC1. The second-order valence-electron chi connectivity index (χ2n) is 6.96. The molecular formula is C19H28N3O3+. The molecule has 6 nitrogen and oxygen atoms in total. The normalized spacial score (nSPS) is 21.8. The predicted molar refractivity (Wildman–Crippen MR) is 95.8 cm³/mol. The molecule has 0 unspecified atom stereocenters. The summed E-state index contributed by atoms with van der Waals surface area (Å²) in [4.78, 5) is 29.9. The molecule has 25 heavy (non-hydrogen) atoms. The Kier molecular flexibility index (Phi) is 5.27. The molecule has 0 radical (unpaired) electrons. The Balaban J connectivity index is 1.63. The highest BCUT2D eigenvalue weighted by molar-refractivity contribution is 5.98. The molecule has 1 fully saturated rings. The molecular weight excluding hydrogens is 318 g/mol. The Bertz CT molecular complexity index is 641. The third-order valence-corrected chi connectivity index (χ3v) is 5.36. The average Bonchev–Trinajstić information content (AvgIpc) is 2.96. The Morgan fingerprint density at radius 2 is 1.96 bits per heavy atom. The first-order valence-electron chi connectivity index (χ1n) is 9.20. The van der Waals surface area contributed by atoms with Gasteiger partial charge in [0, 0.05) is 11.7 Å². The second kappa shape index (κ2) is 7.44. The Hall–Kier alpha value is -2.08. The van der Waals surface area contributed by atoms with Gasteiger partial charge in [-0.25, -0.2) is 4.79 Å². The van der Waals surface area contributed by atoms with E-state index in [-0.39, 0.29) is 24.1 Å². The maximum Gasteiger partial charge on any atom is 0.410 e. The minimum atomic E-state index is -0.248. The number of carbonyl (C=O) groups excluding carboxylic acids is 2. The minimum Gasteiger partial charge on any atom is -0.450 e. The molecule has 1 saturated heterocycles. The molecule has 1 aromatic carbocycles. The van der Waals surface area contributed by atoms with Crippen molar-refractivity contribution in [2.45, 2.75) is 39.3 Å². The van der Waals surface area contributed by atoms with Crippen molar-refractivity contribution in [3.63, 3.8) is 0 Å². The highest BCUT2D eigenvalue weighted by atomic mass is 16.6. The van der Waals surface area contributed by atoms with Gasteiger partial charge in [0.1, 0.15) is 0 Å². The van der Waals surface area contributed by atoms with Crippen LogP contribution in [-0.2, 0) is 16.0 Å². The standard InChI is InChI=1S/C19H27N3O3/c1-4-25-19(24)21-11-9-20(10-12-21)15(3)18(23)22-14(2)13-16-7-5-6-8-17(16)22/h5-8,14-15H,4,9-13H2,1-3H3/p+1/t14-,15-/m1/s1. The van der Waals surface area contributed by atoms with E-state index >= 15 is 0 Å². The lowest BCUT2D eigenvalue weighted by molar-refractivity contribution is -0.917. The van der Waals surface area contributed by atoms with Crippen molar-refractivity contribution in [2.75, 3.05) is 37.7 Å². The van der Waals surface area contributed by atoms with Gasteiger partial charge in [0.05, 0.1) is 32.8 Å². The topological polar surface area (TPSA) is 54.3 Å². The van der Waals surface area contributed by atoms with Crippen molar-refractivity contribution >= 4 is 17.7 Å². The zero-order chi connectivity index (χ0) is 18.0. The number of piperazine rings is 1. The predicted octanol–water partition coefficient (Wildman–Crippen LogP) is 0.710. The van der Waals surface area contributed by atoms with Crippen LogP contribution in [-0.4, -0.2) is 61.8 Å². The summed E-state index contributed by atoms with van der Waals surface area (Å²) in [6.07, 6.45) is 0.670. The molecule has 2 aliphatic rings. The van der Waals surface area contributed by atoms with Crippen molar-refractivity contribution in [2.24, 2.45) is 0 Å². The molecule has 1 aromatic rings. The fraction of sp³-hybridized carbons (Fsp3) is 0.579. The molecule has 136 valence electrons. The summed E-state index contributed by atoms with van der Waals surface area (Å²) in [5, 5.41) is 0. The van der Waals surface area contributed by atoms with Crippen LogP contribution in [0.3, 0.4) is 0 Å². The number of rotatable bonds is 3. The van der Waals surface area contributed by atoms with Gasteiger partial charge in [0.15, 0.2) is 6.04 Å². The van der Waals surface area contributed by atoms with Crippen LogP contribution >= 0.6 is 0 Å². The molecule has 2 atom stereocenters. The number of quaternary nitrogens is 1. The van der Waals surface area contributed by atoms with Gasteiger partial charge >= 0.3 is 6.09 Å². The average molecular weight is 346 g/mol. The maximum absolute atomic E-state index is 13.1. The van der Waals surface area contributed by atoms with E-state index < -0.39 is 0 Å². The number of benzene rings is 1. The van der Waals surface area contributed by atoms with Crippen LogP contribution in [0.5, 0.6) is 0 Å². The molecule has 2 aliphatic heterocycles. The molecule has 1 N–H and O–H groups in total. The number of nitrogens with zero attached hydrogens (tertiary/aromatic N) is 2. The number of ether oxygens (including phenoxy) is 1. The summed E-state index contributed by atoms with van der Waals surface area (Å²) in [6, 6.07) is 8.26. The first-order chi connectivity index (χ1) is 12.0. The summed E-state index contributed by atoms with van der Waals surface area (Å²) in [7, 11) is 0. The zero-order valence-electron chi connectivity index (χ0n) is 15.3. The summed E-state index contributed by atoms with van der Waals surface area (Å²) < 4.78 is 5.06. The monoisotopic (exact) mass is 346 g/mol. The molecule has 2 heterocycles. The molecule has 0 saturated carbocycles. The van der Waals surface area contributed by atoms with Crippen molar-refractivity contribution in [1.82, 2.24) is 4.90 Å². The summed E-state index contributed by atoms with van der Waals surface area (Å²) in [5.74, 6) is 0.178. The van der Waals surface area contributed by atoms with Gasteiger partial charge in [-0.2, -0.15) is 0 Å². The van der Waals surface area contributed by atoms with E-state index in [9.17, 15) is 9.59 Å². The van der Waals surface area contributed by atoms with Crippen LogP contribution in [0.2, 0.25) is 0 Å². The summed E-state index contributed by atoms with van der Waals surface area (Å²) in [5.41, 5.74) is 2.30. The van der Waals surface area contributed by atoms with Crippen LogP contribution in [0.15, 0.2) is 24.3 Å². The lowest BCUT2D eigenvalue weighted by atomic mass is 10.1. The fourth-order valence-electron chi connectivity index (χ4n) is 3.91. The number of hydrogen-bond donors (Lipinski definition) is 1.